The van der Waals surface area contributed by atoms with Gasteiger partial charge in [-0.2, -0.15) is 0 Å². The van der Waals surface area contributed by atoms with Gasteiger partial charge in [0, 0.05) is 38.2 Å². The second kappa shape index (κ2) is 5.56. The summed E-state index contributed by atoms with van der Waals surface area (Å²) in [5.74, 6) is 1.81. The normalized spacial score (nSPS) is 22.8. The number of fused-ring (bicyclic) bond motifs is 1. The van der Waals surface area contributed by atoms with Gasteiger partial charge in [0.05, 0.1) is 5.69 Å². The van der Waals surface area contributed by atoms with Crippen LogP contribution in [0.3, 0.4) is 0 Å². The molecule has 1 aromatic rings. The summed E-state index contributed by atoms with van der Waals surface area (Å²) in [4.78, 5) is 17.1. The third kappa shape index (κ3) is 2.46. The molecule has 3 heterocycles. The first kappa shape index (κ1) is 13.6. The number of nitrogens with zero attached hydrogens (tertiary/aromatic N) is 2. The molecule has 1 aromatic heterocycles. The Morgan fingerprint density at radius 2 is 2.25 bits per heavy atom. The van der Waals surface area contributed by atoms with Gasteiger partial charge in [-0.15, -0.1) is 0 Å². The van der Waals surface area contributed by atoms with Gasteiger partial charge in [-0.05, 0) is 18.8 Å². The van der Waals surface area contributed by atoms with Gasteiger partial charge >= 0.3 is 0 Å². The molecule has 3 rings (SSSR count). The Morgan fingerprint density at radius 1 is 1.40 bits per heavy atom. The van der Waals surface area contributed by atoms with Crippen LogP contribution in [0.1, 0.15) is 49.9 Å². The Bertz CT molecular complexity index is 506. The molecule has 0 saturated carbocycles. The van der Waals surface area contributed by atoms with E-state index < -0.39 is 0 Å². The van der Waals surface area contributed by atoms with Crippen molar-refractivity contribution in [3.63, 3.8) is 0 Å². The maximum Gasteiger partial charge on any atom is 0.243 e. The molecular weight excluding hydrogens is 252 g/mol. The van der Waals surface area contributed by atoms with E-state index in [9.17, 15) is 4.79 Å². The number of imidazole rings is 1. The molecule has 20 heavy (non-hydrogen) atoms. The summed E-state index contributed by atoms with van der Waals surface area (Å²) in [7, 11) is 0. The smallest absolute Gasteiger partial charge is 0.243 e. The standard InChI is InChI=1S/C15H24N4O/c1-10(2)8-14-18-11-9-16-7-5-12(11)19(14)13-4-3-6-17-15(13)20/h10,13,16H,3-9H2,1-2H3,(H,17,20). The number of hydrogen-bond acceptors (Lipinski definition) is 3. The Labute approximate surface area is 120 Å². The zero-order valence-corrected chi connectivity index (χ0v) is 12.4. The lowest BCUT2D eigenvalue weighted by atomic mass is 10.0. The number of aromatic nitrogens is 2. The average molecular weight is 276 g/mol. The molecule has 0 aliphatic carbocycles. The zero-order valence-electron chi connectivity index (χ0n) is 12.4. The highest BCUT2D eigenvalue weighted by atomic mass is 16.2. The number of piperidine rings is 1. The SMILES string of the molecule is CC(C)Cc1nc2c(n1C1CCCNC1=O)CCNC2. The second-order valence-corrected chi connectivity index (χ2v) is 6.27. The van der Waals surface area contributed by atoms with Crippen LogP contribution in [0, 0.1) is 5.92 Å². The van der Waals surface area contributed by atoms with Gasteiger partial charge in [0.25, 0.3) is 0 Å². The van der Waals surface area contributed by atoms with Crippen LogP contribution in [0.15, 0.2) is 0 Å². The van der Waals surface area contributed by atoms with Crippen molar-refractivity contribution >= 4 is 5.91 Å². The van der Waals surface area contributed by atoms with Crippen LogP contribution in [0.4, 0.5) is 0 Å². The van der Waals surface area contributed by atoms with Gasteiger partial charge in [-0.1, -0.05) is 13.8 Å². The molecule has 1 amide bonds. The molecule has 1 unspecified atom stereocenters. The van der Waals surface area contributed by atoms with Gasteiger partial charge in [0.2, 0.25) is 5.91 Å². The van der Waals surface area contributed by atoms with E-state index in [1.54, 1.807) is 0 Å². The average Bonchev–Trinajstić information content (AvgIpc) is 2.76. The van der Waals surface area contributed by atoms with Crippen molar-refractivity contribution in [3.05, 3.63) is 17.2 Å². The number of nitrogens with one attached hydrogen (secondary N) is 2. The molecule has 0 bridgehead atoms. The fourth-order valence-electron chi connectivity index (χ4n) is 3.27. The number of carbonyl (C=O) groups excluding carboxylic acids is 1. The largest absolute Gasteiger partial charge is 0.354 e. The van der Waals surface area contributed by atoms with E-state index in [1.165, 1.54) is 5.69 Å². The number of rotatable bonds is 3. The van der Waals surface area contributed by atoms with Crippen LogP contribution in [-0.2, 0) is 24.2 Å². The Balaban J connectivity index is 2.01. The number of hydrogen-bond donors (Lipinski definition) is 2. The summed E-state index contributed by atoms with van der Waals surface area (Å²) in [5, 5.41) is 6.38. The summed E-state index contributed by atoms with van der Waals surface area (Å²) in [6.45, 7) is 7.04. The summed E-state index contributed by atoms with van der Waals surface area (Å²) >= 11 is 0. The van der Waals surface area contributed by atoms with E-state index in [2.05, 4.69) is 29.0 Å². The first-order valence-electron chi connectivity index (χ1n) is 7.74. The lowest BCUT2D eigenvalue weighted by Crippen LogP contribution is -2.39. The lowest BCUT2D eigenvalue weighted by Gasteiger charge is -2.27. The maximum absolute atomic E-state index is 12.2. The highest BCUT2D eigenvalue weighted by molar-refractivity contribution is 5.81. The molecule has 1 atom stereocenters. The minimum Gasteiger partial charge on any atom is -0.354 e. The highest BCUT2D eigenvalue weighted by Gasteiger charge is 2.30. The molecule has 2 aliphatic rings. The Hall–Kier alpha value is -1.36. The fourth-order valence-corrected chi connectivity index (χ4v) is 3.27. The van der Waals surface area contributed by atoms with Gasteiger partial charge in [0.1, 0.15) is 11.9 Å². The van der Waals surface area contributed by atoms with Crippen molar-refractivity contribution in [3.8, 4) is 0 Å². The molecule has 5 heteroatoms. The van der Waals surface area contributed by atoms with Crippen molar-refractivity contribution in [2.75, 3.05) is 13.1 Å². The van der Waals surface area contributed by atoms with E-state index in [0.717, 1.165) is 56.8 Å². The fraction of sp³-hybridized carbons (Fsp3) is 0.733. The van der Waals surface area contributed by atoms with Crippen LogP contribution >= 0.6 is 0 Å². The summed E-state index contributed by atoms with van der Waals surface area (Å²) in [6.07, 6.45) is 3.91. The van der Waals surface area contributed by atoms with Crippen LogP contribution in [-0.4, -0.2) is 28.5 Å². The van der Waals surface area contributed by atoms with Crippen molar-refractivity contribution in [2.24, 2.45) is 5.92 Å². The summed E-state index contributed by atoms with van der Waals surface area (Å²) in [5.41, 5.74) is 2.42. The molecule has 1 saturated heterocycles. The molecule has 2 aliphatic heterocycles. The number of amides is 1. The van der Waals surface area contributed by atoms with Crippen LogP contribution in [0.2, 0.25) is 0 Å². The van der Waals surface area contributed by atoms with Crippen molar-refractivity contribution in [1.29, 1.82) is 0 Å². The first-order valence-corrected chi connectivity index (χ1v) is 7.74. The van der Waals surface area contributed by atoms with Crippen molar-refractivity contribution in [1.82, 2.24) is 20.2 Å². The summed E-state index contributed by atoms with van der Waals surface area (Å²) < 4.78 is 2.25. The number of carbonyl (C=O) groups is 1. The first-order chi connectivity index (χ1) is 9.66. The molecular formula is C15H24N4O. The van der Waals surface area contributed by atoms with Crippen LogP contribution < -0.4 is 10.6 Å². The van der Waals surface area contributed by atoms with E-state index in [-0.39, 0.29) is 11.9 Å². The third-order valence-corrected chi connectivity index (χ3v) is 4.16. The summed E-state index contributed by atoms with van der Waals surface area (Å²) in [6, 6.07) is -0.0492. The monoisotopic (exact) mass is 276 g/mol. The predicted octanol–water partition coefficient (Wildman–Crippen LogP) is 1.18. The van der Waals surface area contributed by atoms with Crippen LogP contribution in [0.25, 0.3) is 0 Å². The lowest BCUT2D eigenvalue weighted by molar-refractivity contribution is -0.125. The molecule has 0 radical (unpaired) electrons. The molecule has 0 spiro atoms. The van der Waals surface area contributed by atoms with Gasteiger partial charge in [-0.3, -0.25) is 4.79 Å². The highest BCUT2D eigenvalue weighted by Crippen LogP contribution is 2.27. The predicted molar refractivity (Wildman–Crippen MR) is 77.5 cm³/mol. The Morgan fingerprint density at radius 3 is 3.00 bits per heavy atom. The molecule has 1 fully saturated rings. The van der Waals surface area contributed by atoms with E-state index in [4.69, 9.17) is 4.98 Å². The quantitative estimate of drug-likeness (QED) is 0.871. The molecule has 110 valence electrons. The molecule has 5 nitrogen and oxygen atoms in total. The minimum absolute atomic E-state index is 0.0492. The van der Waals surface area contributed by atoms with Crippen LogP contribution in [0.5, 0.6) is 0 Å². The topological polar surface area (TPSA) is 59.0 Å². The van der Waals surface area contributed by atoms with Crippen molar-refractivity contribution in [2.45, 2.75) is 52.1 Å². The minimum atomic E-state index is -0.0492. The van der Waals surface area contributed by atoms with Gasteiger partial charge < -0.3 is 15.2 Å². The van der Waals surface area contributed by atoms with E-state index in [1.807, 2.05) is 0 Å². The maximum atomic E-state index is 12.2. The molecule has 2 N–H and O–H groups in total. The third-order valence-electron chi connectivity index (χ3n) is 4.16. The van der Waals surface area contributed by atoms with E-state index in [0.29, 0.717) is 5.92 Å². The Kier molecular flexibility index (Phi) is 3.78. The zero-order chi connectivity index (χ0) is 14.1. The second-order valence-electron chi connectivity index (χ2n) is 6.27. The molecule has 0 aromatic carbocycles. The van der Waals surface area contributed by atoms with Crippen molar-refractivity contribution < 1.29 is 4.79 Å². The van der Waals surface area contributed by atoms with Gasteiger partial charge in [-0.25, -0.2) is 4.98 Å². The van der Waals surface area contributed by atoms with E-state index >= 15 is 0 Å². The van der Waals surface area contributed by atoms with Gasteiger partial charge in [0.15, 0.2) is 0 Å².